The fourth-order valence-corrected chi connectivity index (χ4v) is 2.28. The summed E-state index contributed by atoms with van der Waals surface area (Å²) in [5, 5.41) is 10.6. The highest BCUT2D eigenvalue weighted by Gasteiger charge is 2.02. The molecular formula is C21H16N2O2. The minimum Gasteiger partial charge on any atom is -0.265 e. The SMILES string of the molecule is O=[N+]([O-])c1ccc(/C=C/c2ccc(/C=C/c3ccncc3)cc2)cc1. The number of rotatable bonds is 5. The van der Waals surface area contributed by atoms with Crippen molar-refractivity contribution in [3.05, 3.63) is 105 Å². The molecule has 0 aliphatic heterocycles. The number of hydrogen-bond acceptors (Lipinski definition) is 3. The van der Waals surface area contributed by atoms with Crippen molar-refractivity contribution >= 4 is 30.0 Å². The molecule has 2 aromatic carbocycles. The number of aromatic nitrogens is 1. The van der Waals surface area contributed by atoms with Crippen LogP contribution >= 0.6 is 0 Å². The fraction of sp³-hybridized carbons (Fsp3) is 0. The maximum Gasteiger partial charge on any atom is 0.269 e. The van der Waals surface area contributed by atoms with Gasteiger partial charge in [-0.2, -0.15) is 0 Å². The molecule has 0 spiro atoms. The van der Waals surface area contributed by atoms with Gasteiger partial charge in [0.15, 0.2) is 0 Å². The Morgan fingerprint density at radius 1 is 0.640 bits per heavy atom. The minimum atomic E-state index is -0.397. The number of benzene rings is 2. The van der Waals surface area contributed by atoms with E-state index in [0.717, 1.165) is 22.3 Å². The van der Waals surface area contributed by atoms with Gasteiger partial charge in [0.1, 0.15) is 0 Å². The third-order valence-electron chi connectivity index (χ3n) is 3.68. The van der Waals surface area contributed by atoms with Crippen molar-refractivity contribution in [1.82, 2.24) is 4.98 Å². The van der Waals surface area contributed by atoms with Crippen molar-refractivity contribution in [2.75, 3.05) is 0 Å². The van der Waals surface area contributed by atoms with Crippen LogP contribution in [0.15, 0.2) is 73.1 Å². The van der Waals surface area contributed by atoms with Gasteiger partial charge in [-0.1, -0.05) is 48.6 Å². The maximum atomic E-state index is 10.6. The van der Waals surface area contributed by atoms with Crippen LogP contribution in [-0.4, -0.2) is 9.91 Å². The molecule has 1 heterocycles. The Bertz CT molecular complexity index is 897. The lowest BCUT2D eigenvalue weighted by Crippen LogP contribution is -1.86. The van der Waals surface area contributed by atoms with Crippen LogP contribution in [0.4, 0.5) is 5.69 Å². The van der Waals surface area contributed by atoms with Gasteiger partial charge in [0.25, 0.3) is 5.69 Å². The van der Waals surface area contributed by atoms with E-state index in [0.29, 0.717) is 0 Å². The summed E-state index contributed by atoms with van der Waals surface area (Å²) in [6, 6.07) is 18.6. The van der Waals surface area contributed by atoms with Gasteiger partial charge >= 0.3 is 0 Å². The molecule has 0 saturated carbocycles. The molecule has 0 unspecified atom stereocenters. The molecule has 0 aliphatic carbocycles. The number of nitro groups is 1. The van der Waals surface area contributed by atoms with Gasteiger partial charge in [-0.3, -0.25) is 15.1 Å². The predicted molar refractivity (Wildman–Crippen MR) is 102 cm³/mol. The first-order valence-electron chi connectivity index (χ1n) is 7.81. The zero-order chi connectivity index (χ0) is 17.5. The Morgan fingerprint density at radius 3 is 1.40 bits per heavy atom. The van der Waals surface area contributed by atoms with E-state index in [1.807, 2.05) is 54.6 Å². The molecule has 3 rings (SSSR count). The van der Waals surface area contributed by atoms with Gasteiger partial charge in [0.2, 0.25) is 0 Å². The van der Waals surface area contributed by atoms with Crippen LogP contribution in [0, 0.1) is 10.1 Å². The van der Waals surface area contributed by atoms with Crippen molar-refractivity contribution in [3.63, 3.8) is 0 Å². The average molecular weight is 328 g/mol. The second-order valence-electron chi connectivity index (χ2n) is 5.46. The van der Waals surface area contributed by atoms with Crippen LogP contribution in [0.2, 0.25) is 0 Å². The molecule has 0 fully saturated rings. The van der Waals surface area contributed by atoms with Crippen molar-refractivity contribution < 1.29 is 4.92 Å². The summed E-state index contributed by atoms with van der Waals surface area (Å²) in [4.78, 5) is 14.2. The van der Waals surface area contributed by atoms with Gasteiger partial charge in [0.05, 0.1) is 4.92 Å². The smallest absolute Gasteiger partial charge is 0.265 e. The van der Waals surface area contributed by atoms with E-state index in [2.05, 4.69) is 11.1 Å². The summed E-state index contributed by atoms with van der Waals surface area (Å²) in [5.41, 5.74) is 4.32. The number of hydrogen-bond donors (Lipinski definition) is 0. The van der Waals surface area contributed by atoms with Crippen LogP contribution < -0.4 is 0 Å². The number of nitro benzene ring substituents is 1. The molecule has 0 atom stereocenters. The minimum absolute atomic E-state index is 0.0995. The Balaban J connectivity index is 1.66. The van der Waals surface area contributed by atoms with Crippen LogP contribution in [-0.2, 0) is 0 Å². The standard InChI is InChI=1S/C21H16N2O2/c24-23(25)21-11-9-19(10-12-21)6-5-17-1-3-18(4-2-17)7-8-20-13-15-22-16-14-20/h1-16H/b6-5+,8-7+. The van der Waals surface area contributed by atoms with E-state index in [-0.39, 0.29) is 5.69 Å². The van der Waals surface area contributed by atoms with Crippen molar-refractivity contribution in [2.24, 2.45) is 0 Å². The van der Waals surface area contributed by atoms with Crippen molar-refractivity contribution in [1.29, 1.82) is 0 Å². The zero-order valence-electron chi connectivity index (χ0n) is 13.4. The Labute approximate surface area is 145 Å². The van der Waals surface area contributed by atoms with E-state index in [4.69, 9.17) is 0 Å². The lowest BCUT2D eigenvalue weighted by Gasteiger charge is -1.97. The number of pyridine rings is 1. The summed E-state index contributed by atoms with van der Waals surface area (Å²) < 4.78 is 0. The first kappa shape index (κ1) is 16.3. The second-order valence-corrected chi connectivity index (χ2v) is 5.46. The molecular weight excluding hydrogens is 312 g/mol. The quantitative estimate of drug-likeness (QED) is 0.361. The molecule has 1 aromatic heterocycles. The van der Waals surface area contributed by atoms with E-state index < -0.39 is 4.92 Å². The fourth-order valence-electron chi connectivity index (χ4n) is 2.28. The molecule has 0 aliphatic rings. The summed E-state index contributed by atoms with van der Waals surface area (Å²) >= 11 is 0. The Kier molecular flexibility index (Phi) is 5.12. The van der Waals surface area contributed by atoms with Gasteiger partial charge in [-0.15, -0.1) is 0 Å². The third kappa shape index (κ3) is 4.72. The number of non-ortho nitro benzene ring substituents is 1. The molecule has 0 radical (unpaired) electrons. The lowest BCUT2D eigenvalue weighted by molar-refractivity contribution is -0.384. The van der Waals surface area contributed by atoms with Gasteiger partial charge < -0.3 is 0 Å². The molecule has 3 aromatic rings. The Morgan fingerprint density at radius 2 is 1.00 bits per heavy atom. The summed E-state index contributed by atoms with van der Waals surface area (Å²) in [7, 11) is 0. The monoisotopic (exact) mass is 328 g/mol. The highest BCUT2D eigenvalue weighted by Crippen LogP contribution is 2.15. The van der Waals surface area contributed by atoms with Crippen LogP contribution in [0.1, 0.15) is 22.3 Å². The molecule has 0 saturated heterocycles. The molecule has 4 nitrogen and oxygen atoms in total. The van der Waals surface area contributed by atoms with Gasteiger partial charge in [-0.25, -0.2) is 0 Å². The average Bonchev–Trinajstić information content (AvgIpc) is 2.67. The predicted octanol–water partition coefficient (Wildman–Crippen LogP) is 5.33. The van der Waals surface area contributed by atoms with Crippen molar-refractivity contribution in [3.8, 4) is 0 Å². The topological polar surface area (TPSA) is 56.0 Å². The summed E-state index contributed by atoms with van der Waals surface area (Å²) in [6.07, 6.45) is 11.6. The highest BCUT2D eigenvalue weighted by molar-refractivity contribution is 5.73. The van der Waals surface area contributed by atoms with Crippen molar-refractivity contribution in [2.45, 2.75) is 0 Å². The van der Waals surface area contributed by atoms with Crippen LogP contribution in [0.3, 0.4) is 0 Å². The molecule has 0 N–H and O–H groups in total. The molecule has 122 valence electrons. The van der Waals surface area contributed by atoms with Gasteiger partial charge in [0, 0.05) is 24.5 Å². The largest absolute Gasteiger partial charge is 0.269 e. The third-order valence-corrected chi connectivity index (χ3v) is 3.68. The van der Waals surface area contributed by atoms with Crippen LogP contribution in [0.5, 0.6) is 0 Å². The van der Waals surface area contributed by atoms with Gasteiger partial charge in [-0.05, 0) is 46.5 Å². The van der Waals surface area contributed by atoms with E-state index in [1.54, 1.807) is 24.5 Å². The molecule has 0 bridgehead atoms. The molecule has 25 heavy (non-hydrogen) atoms. The van der Waals surface area contributed by atoms with E-state index in [1.165, 1.54) is 12.1 Å². The zero-order valence-corrected chi connectivity index (χ0v) is 13.4. The normalized spacial score (nSPS) is 11.2. The molecule has 0 amide bonds. The maximum absolute atomic E-state index is 10.6. The lowest BCUT2D eigenvalue weighted by atomic mass is 10.1. The summed E-state index contributed by atoms with van der Waals surface area (Å²) in [6.45, 7) is 0. The van der Waals surface area contributed by atoms with E-state index in [9.17, 15) is 10.1 Å². The summed E-state index contributed by atoms with van der Waals surface area (Å²) in [5.74, 6) is 0. The number of nitrogens with zero attached hydrogens (tertiary/aromatic N) is 2. The highest BCUT2D eigenvalue weighted by atomic mass is 16.6. The Hall–Kier alpha value is -3.53. The van der Waals surface area contributed by atoms with Crippen LogP contribution in [0.25, 0.3) is 24.3 Å². The van der Waals surface area contributed by atoms with E-state index >= 15 is 0 Å². The second kappa shape index (κ2) is 7.84. The first-order chi connectivity index (χ1) is 12.2. The molecule has 4 heteroatoms. The first-order valence-corrected chi connectivity index (χ1v) is 7.81.